The molecule has 2 fully saturated rings. The van der Waals surface area contributed by atoms with Crippen molar-refractivity contribution in [3.05, 3.63) is 120 Å². The zero-order chi connectivity index (χ0) is 51.9. The molecule has 19 nitrogen and oxygen atoms in total. The molecule has 0 saturated carbocycles. The number of piperidine rings is 1. The van der Waals surface area contributed by atoms with Crippen LogP contribution in [0.4, 0.5) is 31.6 Å². The molecule has 19 heteroatoms. The number of urea groups is 1. The number of phenolic OH excluding ortho intramolecular Hbond substituents is 1. The van der Waals surface area contributed by atoms with Crippen LogP contribution in [0.15, 0.2) is 103 Å². The average molecular weight is 1010 g/mol. The highest BCUT2D eigenvalue weighted by molar-refractivity contribution is 5.98. The maximum Gasteiger partial charge on any atom is 0.416 e. The predicted octanol–water partition coefficient (Wildman–Crippen LogP) is 6.07. The lowest BCUT2D eigenvalue weighted by Gasteiger charge is -2.52. The number of aromatic nitrogens is 2. The topological polar surface area (TPSA) is 246 Å². The van der Waals surface area contributed by atoms with E-state index >= 15 is 0 Å². The van der Waals surface area contributed by atoms with Gasteiger partial charge in [0.1, 0.15) is 31.0 Å². The molecule has 5 aromatic rings. The van der Waals surface area contributed by atoms with Gasteiger partial charge in [-0.2, -0.15) is 0 Å². The molecular weight excluding hydrogens is 943 g/mol. The van der Waals surface area contributed by atoms with Crippen LogP contribution < -0.4 is 42.1 Å². The Morgan fingerprint density at radius 3 is 2.18 bits per heavy atom. The molecule has 8 N–H and O–H groups in total. The van der Waals surface area contributed by atoms with E-state index in [-0.39, 0.29) is 55.8 Å². The second-order valence-electron chi connectivity index (χ2n) is 19.7. The average Bonchev–Trinajstić information content (AvgIpc) is 3.74. The van der Waals surface area contributed by atoms with Gasteiger partial charge in [0.15, 0.2) is 5.82 Å². The third kappa shape index (κ3) is 11.4. The summed E-state index contributed by atoms with van der Waals surface area (Å²) >= 11 is 0. The minimum absolute atomic E-state index is 0.0629. The number of fused-ring (bicyclic) bond motifs is 6. The van der Waals surface area contributed by atoms with Gasteiger partial charge >= 0.3 is 18.2 Å². The van der Waals surface area contributed by atoms with Gasteiger partial charge in [-0.15, -0.1) is 10.2 Å². The molecule has 2 saturated heterocycles. The minimum Gasteiger partial charge on any atom is -0.507 e. The highest BCUT2D eigenvalue weighted by Gasteiger charge is 2.45. The van der Waals surface area contributed by atoms with Gasteiger partial charge in [0.2, 0.25) is 11.8 Å². The number of phenols is 1. The van der Waals surface area contributed by atoms with Crippen LogP contribution in [0.1, 0.15) is 69.1 Å². The van der Waals surface area contributed by atoms with Gasteiger partial charge in [-0.05, 0) is 110 Å². The van der Waals surface area contributed by atoms with E-state index in [9.17, 15) is 29.1 Å². The molecular formula is C55H65N11O8. The summed E-state index contributed by atoms with van der Waals surface area (Å²) in [7, 11) is 0. The lowest BCUT2D eigenvalue weighted by atomic mass is 9.95. The maximum absolute atomic E-state index is 14.3. The third-order valence-electron chi connectivity index (χ3n) is 14.7. The standard InChI is InChI=1S/C55H65N11O8/c1-33(2)49(61-54(71)73-32-43-40-13-6-4-11-38(40)39-12-5-7-14-41(39)43)52(69)60-44(16-10-24-58-53(56)70)51(68)59-36-20-18-35(19-21-36)31-74-55(72)66-34(3)47-30-64(37-22-25-57-26-23-37)27-28-65(47)46-29-45(62-63-50(46)66)42-15-8-9-17-48(42)67/h4-9,11-15,17-21,29,33-34,37,43-44,47,49,57,67H,10,16,22-28,30-32H2,1-3H3,(H,59,68)(H,60,69)(H,61,71)(H3,56,58,70)/t34-,44-,47-,49-/m0/s1. The lowest BCUT2D eigenvalue weighted by molar-refractivity contribution is -0.128. The number of hydrogen-bond donors (Lipinski definition) is 7. The second-order valence-corrected chi connectivity index (χ2v) is 19.7. The van der Waals surface area contributed by atoms with E-state index < -0.39 is 42.1 Å². The molecule has 4 heterocycles. The van der Waals surface area contributed by atoms with E-state index in [0.29, 0.717) is 40.8 Å². The molecule has 388 valence electrons. The van der Waals surface area contributed by atoms with Crippen molar-refractivity contribution in [2.45, 2.75) is 89.2 Å². The summed E-state index contributed by atoms with van der Waals surface area (Å²) in [5.74, 6) is -1.20. The Balaban J connectivity index is 0.839. The van der Waals surface area contributed by atoms with Crippen molar-refractivity contribution in [2.75, 3.05) is 61.0 Å². The van der Waals surface area contributed by atoms with E-state index in [4.69, 9.17) is 15.2 Å². The zero-order valence-electron chi connectivity index (χ0n) is 42.0. The van der Waals surface area contributed by atoms with Crippen molar-refractivity contribution in [1.82, 2.24) is 36.4 Å². The van der Waals surface area contributed by atoms with Gasteiger partial charge in [0.25, 0.3) is 0 Å². The van der Waals surface area contributed by atoms with Crippen LogP contribution in [0.25, 0.3) is 22.4 Å². The summed E-state index contributed by atoms with van der Waals surface area (Å²) in [4.78, 5) is 73.3. The SMILES string of the molecule is CC(C)[C@H](NC(=O)OCC1c2ccccc2-c2ccccc21)C(=O)N[C@@H](CCCNC(N)=O)C(=O)Nc1ccc(COC(=O)N2c3nnc(-c4ccccc4O)cc3N3CCN(C4CCNCC4)C[C@H]3[C@@H]2C)cc1. The largest absolute Gasteiger partial charge is 0.507 e. The number of ether oxygens (including phenoxy) is 2. The molecule has 4 aromatic carbocycles. The molecule has 6 amide bonds. The number of aromatic hydroxyl groups is 1. The number of nitrogens with zero attached hydrogens (tertiary/aromatic N) is 5. The molecule has 9 rings (SSSR count). The fourth-order valence-electron chi connectivity index (χ4n) is 10.7. The normalized spacial score (nSPS) is 18.2. The number of hydrogen-bond acceptors (Lipinski definition) is 13. The number of piperazine rings is 1. The molecule has 4 aliphatic rings. The number of primary amides is 1. The van der Waals surface area contributed by atoms with Gasteiger partial charge in [-0.25, -0.2) is 14.4 Å². The number of carbonyl (C=O) groups excluding carboxylic acids is 5. The van der Waals surface area contributed by atoms with Crippen molar-refractivity contribution in [1.29, 1.82) is 0 Å². The molecule has 4 atom stereocenters. The smallest absolute Gasteiger partial charge is 0.416 e. The van der Waals surface area contributed by atoms with Gasteiger partial charge in [-0.3, -0.25) is 19.4 Å². The van der Waals surface area contributed by atoms with E-state index in [1.54, 1.807) is 61.2 Å². The fourth-order valence-corrected chi connectivity index (χ4v) is 10.7. The molecule has 0 bridgehead atoms. The lowest BCUT2D eigenvalue weighted by Crippen LogP contribution is -2.66. The molecule has 0 radical (unpaired) electrons. The molecule has 0 unspecified atom stereocenters. The highest BCUT2D eigenvalue weighted by atomic mass is 16.6. The molecule has 74 heavy (non-hydrogen) atoms. The second kappa shape index (κ2) is 23.0. The van der Waals surface area contributed by atoms with Crippen molar-refractivity contribution in [3.63, 3.8) is 0 Å². The minimum atomic E-state index is -1.07. The van der Waals surface area contributed by atoms with Crippen molar-refractivity contribution < 1.29 is 38.6 Å². The fraction of sp³-hybridized carbons (Fsp3) is 0.400. The first-order valence-electron chi connectivity index (χ1n) is 25.5. The zero-order valence-corrected chi connectivity index (χ0v) is 42.0. The van der Waals surface area contributed by atoms with Crippen LogP contribution in [-0.4, -0.2) is 126 Å². The Morgan fingerprint density at radius 2 is 1.50 bits per heavy atom. The monoisotopic (exact) mass is 1010 g/mol. The van der Waals surface area contributed by atoms with Crippen molar-refractivity contribution in [2.24, 2.45) is 11.7 Å². The van der Waals surface area contributed by atoms with Crippen LogP contribution in [0.3, 0.4) is 0 Å². The summed E-state index contributed by atoms with van der Waals surface area (Å²) in [6.07, 6.45) is 1.21. The van der Waals surface area contributed by atoms with E-state index in [1.165, 1.54) is 0 Å². The van der Waals surface area contributed by atoms with Crippen LogP contribution in [0.2, 0.25) is 0 Å². The molecule has 0 spiro atoms. The first-order valence-corrected chi connectivity index (χ1v) is 25.5. The number of nitrogens with two attached hydrogens (primary N) is 1. The molecule has 3 aliphatic heterocycles. The number of amides is 6. The third-order valence-corrected chi connectivity index (χ3v) is 14.7. The summed E-state index contributed by atoms with van der Waals surface area (Å²) in [6, 6.07) is 28.9. The number of nitrogens with one attached hydrogen (secondary N) is 5. The number of para-hydroxylation sites is 1. The van der Waals surface area contributed by atoms with E-state index in [1.807, 2.05) is 67.6 Å². The van der Waals surface area contributed by atoms with Gasteiger partial charge in [0.05, 0.1) is 23.5 Å². The summed E-state index contributed by atoms with van der Waals surface area (Å²) in [5, 5.41) is 34.2. The van der Waals surface area contributed by atoms with Crippen molar-refractivity contribution in [3.8, 4) is 28.1 Å². The number of carbonyl (C=O) groups is 5. The number of anilines is 3. The summed E-state index contributed by atoms with van der Waals surface area (Å²) in [5.41, 5.74) is 12.4. The van der Waals surface area contributed by atoms with Crippen LogP contribution in [0.5, 0.6) is 5.75 Å². The summed E-state index contributed by atoms with van der Waals surface area (Å²) in [6.45, 7) is 10.0. The maximum atomic E-state index is 14.3. The number of rotatable bonds is 16. The Bertz CT molecular complexity index is 2800. The van der Waals surface area contributed by atoms with E-state index in [0.717, 1.165) is 73.5 Å². The van der Waals surface area contributed by atoms with Gasteiger partial charge < -0.3 is 51.8 Å². The van der Waals surface area contributed by atoms with Gasteiger partial charge in [0, 0.05) is 49.4 Å². The Kier molecular flexibility index (Phi) is 15.9. The number of benzene rings is 4. The van der Waals surface area contributed by atoms with Crippen LogP contribution in [-0.2, 0) is 25.7 Å². The quantitative estimate of drug-likeness (QED) is 0.0556. The van der Waals surface area contributed by atoms with E-state index in [2.05, 4.69) is 46.6 Å². The predicted molar refractivity (Wildman–Crippen MR) is 281 cm³/mol. The Labute approximate surface area is 430 Å². The molecule has 1 aliphatic carbocycles. The Morgan fingerprint density at radius 1 is 0.824 bits per heavy atom. The van der Waals surface area contributed by atoms with Crippen molar-refractivity contribution >= 4 is 47.2 Å². The molecule has 1 aromatic heterocycles. The first-order chi connectivity index (χ1) is 35.8. The Hall–Kier alpha value is -7.77. The summed E-state index contributed by atoms with van der Waals surface area (Å²) < 4.78 is 11.7. The van der Waals surface area contributed by atoms with Crippen LogP contribution >= 0.6 is 0 Å². The van der Waals surface area contributed by atoms with Gasteiger partial charge in [-0.1, -0.05) is 86.6 Å². The highest BCUT2D eigenvalue weighted by Crippen LogP contribution is 2.45. The first kappa shape index (κ1) is 51.1. The van der Waals surface area contributed by atoms with Crippen LogP contribution in [0, 0.1) is 5.92 Å². The number of alkyl carbamates (subject to hydrolysis) is 1.